The molecule has 0 aromatic heterocycles. The molecule has 6 heteroatoms. The fraction of sp³-hybridized carbons (Fsp3) is 0.600. The smallest absolute Gasteiger partial charge is 0.251 e. The Morgan fingerprint density at radius 3 is 2.77 bits per heavy atom. The van der Waals surface area contributed by atoms with Crippen LogP contribution in [0.15, 0.2) is 29.3 Å². The lowest BCUT2D eigenvalue weighted by molar-refractivity contribution is 0.0963. The maximum Gasteiger partial charge on any atom is 0.251 e. The number of amides is 1. The summed E-state index contributed by atoms with van der Waals surface area (Å²) < 4.78 is 0. The fourth-order valence-corrected chi connectivity index (χ4v) is 3.64. The molecule has 1 unspecified atom stereocenters. The highest BCUT2D eigenvalue weighted by molar-refractivity contribution is 5.94. The van der Waals surface area contributed by atoms with Crippen molar-refractivity contribution in [2.45, 2.75) is 32.7 Å². The third kappa shape index (κ3) is 5.21. The zero-order valence-electron chi connectivity index (χ0n) is 16.6. The average molecular weight is 360 g/mol. The van der Waals surface area contributed by atoms with Crippen LogP contribution in [0.5, 0.6) is 0 Å². The maximum absolute atomic E-state index is 11.7. The van der Waals surface area contributed by atoms with Crippen LogP contribution in [-0.2, 0) is 6.42 Å². The molecule has 1 aromatic rings. The van der Waals surface area contributed by atoms with Crippen LogP contribution in [0.25, 0.3) is 0 Å². The summed E-state index contributed by atoms with van der Waals surface area (Å²) in [4.78, 5) is 21.1. The van der Waals surface area contributed by atoms with Crippen molar-refractivity contribution in [3.63, 3.8) is 0 Å². The molecule has 1 aliphatic rings. The Hall–Kier alpha value is -2.08. The summed E-state index contributed by atoms with van der Waals surface area (Å²) in [5.74, 6) is 0.928. The van der Waals surface area contributed by atoms with E-state index in [0.29, 0.717) is 11.6 Å². The second kappa shape index (κ2) is 10.2. The standard InChI is InChI=1S/C20H33N5O/c1-5-24(6-2)18-11-13-25(15-18)20(22-4)23-12-10-16-8-7-9-17(14-16)19(26)21-3/h7-9,14,18H,5-6,10-13,15H2,1-4H3,(H,21,26)(H,22,23). The van der Waals surface area contributed by atoms with Gasteiger partial charge in [0.15, 0.2) is 5.96 Å². The van der Waals surface area contributed by atoms with Crippen LogP contribution in [0.3, 0.4) is 0 Å². The van der Waals surface area contributed by atoms with Crippen LogP contribution < -0.4 is 10.6 Å². The monoisotopic (exact) mass is 359 g/mol. The number of guanidine groups is 1. The molecule has 0 bridgehead atoms. The highest BCUT2D eigenvalue weighted by atomic mass is 16.1. The zero-order chi connectivity index (χ0) is 18.9. The number of nitrogens with one attached hydrogen (secondary N) is 2. The first kappa shape index (κ1) is 20.2. The van der Waals surface area contributed by atoms with Crippen molar-refractivity contribution < 1.29 is 4.79 Å². The molecule has 2 rings (SSSR count). The van der Waals surface area contributed by atoms with Crippen LogP contribution in [0.4, 0.5) is 0 Å². The summed E-state index contributed by atoms with van der Waals surface area (Å²) in [6.07, 6.45) is 2.05. The van der Waals surface area contributed by atoms with Crippen LogP contribution in [0, 0.1) is 0 Å². The molecular formula is C20H33N5O. The van der Waals surface area contributed by atoms with E-state index < -0.39 is 0 Å². The molecule has 1 saturated heterocycles. The number of likely N-dealkylation sites (tertiary alicyclic amines) is 1. The van der Waals surface area contributed by atoms with Crippen molar-refractivity contribution in [2.75, 3.05) is 46.8 Å². The van der Waals surface area contributed by atoms with Gasteiger partial charge in [0, 0.05) is 45.3 Å². The molecule has 0 saturated carbocycles. The first-order valence-corrected chi connectivity index (χ1v) is 9.63. The lowest BCUT2D eigenvalue weighted by atomic mass is 10.1. The lowest BCUT2D eigenvalue weighted by Gasteiger charge is -2.27. The number of nitrogens with zero attached hydrogens (tertiary/aromatic N) is 3. The topological polar surface area (TPSA) is 60.0 Å². The fourth-order valence-electron chi connectivity index (χ4n) is 3.64. The Balaban J connectivity index is 1.86. The Morgan fingerprint density at radius 2 is 2.12 bits per heavy atom. The predicted octanol–water partition coefficient (Wildman–Crippen LogP) is 1.58. The van der Waals surface area contributed by atoms with Crippen molar-refractivity contribution in [1.82, 2.24) is 20.4 Å². The SMILES string of the molecule is CCN(CC)C1CCN(C(=NC)NCCc2cccc(C(=O)NC)c2)C1. The predicted molar refractivity (Wildman–Crippen MR) is 108 cm³/mol. The summed E-state index contributed by atoms with van der Waals surface area (Å²) in [7, 11) is 3.50. The Labute approximate surface area is 157 Å². The third-order valence-electron chi connectivity index (χ3n) is 5.12. The molecular weight excluding hydrogens is 326 g/mol. The highest BCUT2D eigenvalue weighted by Crippen LogP contribution is 2.15. The Kier molecular flexibility index (Phi) is 7.91. The Bertz CT molecular complexity index is 612. The van der Waals surface area contributed by atoms with E-state index in [0.717, 1.165) is 50.7 Å². The van der Waals surface area contributed by atoms with Gasteiger partial charge in [-0.3, -0.25) is 14.7 Å². The van der Waals surface area contributed by atoms with E-state index in [4.69, 9.17) is 0 Å². The molecule has 1 amide bonds. The van der Waals surface area contributed by atoms with E-state index in [2.05, 4.69) is 45.3 Å². The van der Waals surface area contributed by atoms with Crippen LogP contribution in [-0.4, -0.2) is 74.5 Å². The molecule has 0 radical (unpaired) electrons. The molecule has 1 aromatic carbocycles. The van der Waals surface area contributed by atoms with Crippen molar-refractivity contribution in [2.24, 2.45) is 4.99 Å². The first-order valence-electron chi connectivity index (χ1n) is 9.63. The summed E-state index contributed by atoms with van der Waals surface area (Å²) in [5, 5.41) is 6.14. The van der Waals surface area contributed by atoms with Gasteiger partial charge in [-0.05, 0) is 43.6 Å². The largest absolute Gasteiger partial charge is 0.356 e. The molecule has 0 spiro atoms. The van der Waals surface area contributed by atoms with Gasteiger partial charge >= 0.3 is 0 Å². The highest BCUT2D eigenvalue weighted by Gasteiger charge is 2.27. The summed E-state index contributed by atoms with van der Waals surface area (Å²) in [6, 6.07) is 8.40. The zero-order valence-corrected chi connectivity index (χ0v) is 16.6. The number of carbonyl (C=O) groups is 1. The minimum Gasteiger partial charge on any atom is -0.356 e. The molecule has 1 aliphatic heterocycles. The number of benzene rings is 1. The second-order valence-electron chi connectivity index (χ2n) is 6.61. The van der Waals surface area contributed by atoms with Crippen molar-refractivity contribution in [1.29, 1.82) is 0 Å². The number of rotatable bonds is 7. The van der Waals surface area contributed by atoms with Crippen LogP contribution >= 0.6 is 0 Å². The van der Waals surface area contributed by atoms with Gasteiger partial charge in [0.2, 0.25) is 0 Å². The van der Waals surface area contributed by atoms with Crippen LogP contribution in [0.1, 0.15) is 36.2 Å². The number of carbonyl (C=O) groups excluding carboxylic acids is 1. The maximum atomic E-state index is 11.7. The minimum absolute atomic E-state index is 0.0462. The third-order valence-corrected chi connectivity index (χ3v) is 5.12. The van der Waals surface area contributed by atoms with Gasteiger partial charge in [-0.1, -0.05) is 26.0 Å². The van der Waals surface area contributed by atoms with Gasteiger partial charge in [0.1, 0.15) is 0 Å². The number of aliphatic imine (C=N–C) groups is 1. The minimum atomic E-state index is -0.0462. The number of likely N-dealkylation sites (N-methyl/N-ethyl adjacent to an activating group) is 1. The number of hydrogen-bond donors (Lipinski definition) is 2. The molecule has 1 atom stereocenters. The van der Waals surface area contributed by atoms with E-state index in [1.54, 1.807) is 7.05 Å². The van der Waals surface area contributed by atoms with Gasteiger partial charge in [-0.15, -0.1) is 0 Å². The lowest BCUT2D eigenvalue weighted by Crippen LogP contribution is -2.43. The van der Waals surface area contributed by atoms with Gasteiger partial charge in [-0.2, -0.15) is 0 Å². The molecule has 1 fully saturated rings. The van der Waals surface area contributed by atoms with E-state index in [9.17, 15) is 4.79 Å². The first-order chi connectivity index (χ1) is 12.6. The molecule has 2 N–H and O–H groups in total. The van der Waals surface area contributed by atoms with Crippen molar-refractivity contribution >= 4 is 11.9 Å². The molecule has 26 heavy (non-hydrogen) atoms. The van der Waals surface area contributed by atoms with E-state index in [-0.39, 0.29) is 5.91 Å². The van der Waals surface area contributed by atoms with E-state index >= 15 is 0 Å². The quantitative estimate of drug-likeness (QED) is 0.573. The molecule has 1 heterocycles. The van der Waals surface area contributed by atoms with E-state index in [1.807, 2.05) is 25.2 Å². The number of hydrogen-bond acceptors (Lipinski definition) is 3. The molecule has 6 nitrogen and oxygen atoms in total. The van der Waals surface area contributed by atoms with Gasteiger partial charge in [0.05, 0.1) is 0 Å². The Morgan fingerprint density at radius 1 is 1.35 bits per heavy atom. The van der Waals surface area contributed by atoms with Gasteiger partial charge in [0.25, 0.3) is 5.91 Å². The van der Waals surface area contributed by atoms with Crippen LogP contribution in [0.2, 0.25) is 0 Å². The molecule has 144 valence electrons. The van der Waals surface area contributed by atoms with E-state index in [1.165, 1.54) is 6.42 Å². The summed E-state index contributed by atoms with van der Waals surface area (Å²) >= 11 is 0. The second-order valence-corrected chi connectivity index (χ2v) is 6.61. The average Bonchev–Trinajstić information content (AvgIpc) is 3.15. The van der Waals surface area contributed by atoms with Crippen molar-refractivity contribution in [3.8, 4) is 0 Å². The molecule has 0 aliphatic carbocycles. The van der Waals surface area contributed by atoms with Gasteiger partial charge in [-0.25, -0.2) is 0 Å². The summed E-state index contributed by atoms with van der Waals surface area (Å²) in [6.45, 7) is 9.54. The normalized spacial score (nSPS) is 17.7. The van der Waals surface area contributed by atoms with Gasteiger partial charge < -0.3 is 15.5 Å². The summed E-state index contributed by atoms with van der Waals surface area (Å²) in [5.41, 5.74) is 1.85. The van der Waals surface area contributed by atoms with Crippen molar-refractivity contribution in [3.05, 3.63) is 35.4 Å².